The van der Waals surface area contributed by atoms with E-state index in [4.69, 9.17) is 21.6 Å². The number of rotatable bonds is 8. The van der Waals surface area contributed by atoms with E-state index >= 15 is 0 Å². The highest BCUT2D eigenvalue weighted by atomic mass is 19.4. The Kier molecular flexibility index (Phi) is 7.58. The number of fused-ring (bicyclic) bond motifs is 1. The first-order chi connectivity index (χ1) is 14.5. The molecule has 2 amide bonds. The number of alkyl halides is 3. The van der Waals surface area contributed by atoms with Gasteiger partial charge in [0, 0.05) is 29.8 Å². The van der Waals surface area contributed by atoms with Crippen molar-refractivity contribution < 1.29 is 27.2 Å². The molecular formula is C18H21F3N6O4. The zero-order valence-corrected chi connectivity index (χ0v) is 16.2. The van der Waals surface area contributed by atoms with Crippen molar-refractivity contribution in [2.75, 3.05) is 18.4 Å². The zero-order valence-electron chi connectivity index (χ0n) is 16.2. The van der Waals surface area contributed by atoms with Gasteiger partial charge in [-0.1, -0.05) is 0 Å². The number of amides is 2. The van der Waals surface area contributed by atoms with Crippen molar-refractivity contribution in [3.63, 3.8) is 0 Å². The number of carbonyl (C=O) groups is 2. The van der Waals surface area contributed by atoms with E-state index < -0.39 is 35.2 Å². The fraction of sp³-hybridized carbons (Fsp3) is 0.333. The third-order valence-corrected chi connectivity index (χ3v) is 4.10. The number of aliphatic imine (C=N–C) groups is 1. The molecule has 0 fully saturated rings. The summed E-state index contributed by atoms with van der Waals surface area (Å²) in [5.74, 6) is -1.36. The van der Waals surface area contributed by atoms with Gasteiger partial charge < -0.3 is 32.3 Å². The normalized spacial score (nSPS) is 12.3. The maximum atomic E-state index is 13.1. The van der Waals surface area contributed by atoms with Gasteiger partial charge in [0.05, 0.1) is 12.1 Å². The summed E-state index contributed by atoms with van der Waals surface area (Å²) in [6, 6.07) is 2.73. The summed E-state index contributed by atoms with van der Waals surface area (Å²) in [4.78, 5) is 39.5. The lowest BCUT2D eigenvalue weighted by atomic mass is 10.1. The molecule has 31 heavy (non-hydrogen) atoms. The second-order valence-corrected chi connectivity index (χ2v) is 6.45. The van der Waals surface area contributed by atoms with Gasteiger partial charge in [-0.15, -0.1) is 0 Å². The van der Waals surface area contributed by atoms with Crippen molar-refractivity contribution in [2.24, 2.45) is 22.2 Å². The van der Waals surface area contributed by atoms with E-state index in [2.05, 4.69) is 15.6 Å². The highest BCUT2D eigenvalue weighted by molar-refractivity contribution is 5.98. The smallest absolute Gasteiger partial charge is 0.417 e. The van der Waals surface area contributed by atoms with Crippen LogP contribution in [0, 0.1) is 0 Å². The highest BCUT2D eigenvalue weighted by Gasteiger charge is 2.34. The van der Waals surface area contributed by atoms with E-state index in [0.717, 1.165) is 12.1 Å². The highest BCUT2D eigenvalue weighted by Crippen LogP contribution is 2.34. The third-order valence-electron chi connectivity index (χ3n) is 4.10. The van der Waals surface area contributed by atoms with Gasteiger partial charge in [0.1, 0.15) is 11.6 Å². The van der Waals surface area contributed by atoms with E-state index in [-0.39, 0.29) is 42.1 Å². The number of nitrogens with one attached hydrogen (secondary N) is 2. The average molecular weight is 442 g/mol. The van der Waals surface area contributed by atoms with Crippen LogP contribution in [-0.2, 0) is 15.8 Å². The maximum Gasteiger partial charge on any atom is 0.417 e. The summed E-state index contributed by atoms with van der Waals surface area (Å²) >= 11 is 0. The Morgan fingerprint density at radius 1 is 1.19 bits per heavy atom. The number of nitrogens with two attached hydrogens (primary N) is 3. The summed E-state index contributed by atoms with van der Waals surface area (Å²) in [5.41, 5.74) is 13.1. The molecule has 1 atom stereocenters. The first-order valence-electron chi connectivity index (χ1n) is 9.02. The van der Waals surface area contributed by atoms with Crippen molar-refractivity contribution in [3.05, 3.63) is 40.2 Å². The van der Waals surface area contributed by atoms with Crippen LogP contribution in [0.25, 0.3) is 11.0 Å². The minimum Gasteiger partial charge on any atom is -0.423 e. The van der Waals surface area contributed by atoms with Gasteiger partial charge in [0.25, 0.3) is 0 Å². The van der Waals surface area contributed by atoms with Gasteiger partial charge in [-0.25, -0.2) is 4.79 Å². The molecule has 0 radical (unpaired) electrons. The monoisotopic (exact) mass is 442 g/mol. The topological polar surface area (TPSA) is 179 Å². The van der Waals surface area contributed by atoms with Crippen molar-refractivity contribution in [1.29, 1.82) is 0 Å². The van der Waals surface area contributed by atoms with Crippen LogP contribution in [0.1, 0.15) is 18.4 Å². The molecule has 1 aromatic carbocycles. The fourth-order valence-corrected chi connectivity index (χ4v) is 2.73. The molecule has 0 aliphatic carbocycles. The molecule has 0 aliphatic heterocycles. The number of halogens is 3. The molecule has 0 saturated heterocycles. The molecule has 1 heterocycles. The fourth-order valence-electron chi connectivity index (χ4n) is 2.73. The van der Waals surface area contributed by atoms with Crippen LogP contribution in [0.3, 0.4) is 0 Å². The molecular weight excluding hydrogens is 421 g/mol. The van der Waals surface area contributed by atoms with E-state index in [1.54, 1.807) is 0 Å². The van der Waals surface area contributed by atoms with Gasteiger partial charge >= 0.3 is 11.8 Å². The minimum absolute atomic E-state index is 0.0659. The predicted molar refractivity (Wildman–Crippen MR) is 107 cm³/mol. The Morgan fingerprint density at radius 3 is 2.52 bits per heavy atom. The number of carbonyl (C=O) groups excluding carboxylic acids is 2. The van der Waals surface area contributed by atoms with Crippen molar-refractivity contribution in [2.45, 2.75) is 25.1 Å². The molecule has 13 heteroatoms. The van der Waals surface area contributed by atoms with Crippen molar-refractivity contribution in [3.8, 4) is 0 Å². The Balaban J connectivity index is 2.24. The zero-order chi connectivity index (χ0) is 23.2. The largest absolute Gasteiger partial charge is 0.423 e. The van der Waals surface area contributed by atoms with Crippen LogP contribution < -0.4 is 33.5 Å². The molecule has 0 unspecified atom stereocenters. The second-order valence-electron chi connectivity index (χ2n) is 6.45. The number of anilines is 1. The van der Waals surface area contributed by atoms with Gasteiger partial charge in [-0.05, 0) is 25.0 Å². The van der Waals surface area contributed by atoms with E-state index in [1.165, 1.54) is 6.07 Å². The summed E-state index contributed by atoms with van der Waals surface area (Å²) in [7, 11) is 0. The summed E-state index contributed by atoms with van der Waals surface area (Å²) in [6.45, 7) is -0.134. The molecule has 10 nitrogen and oxygen atoms in total. The van der Waals surface area contributed by atoms with Crippen molar-refractivity contribution in [1.82, 2.24) is 5.32 Å². The first kappa shape index (κ1) is 23.7. The molecule has 2 rings (SSSR count). The summed E-state index contributed by atoms with van der Waals surface area (Å²) in [6.07, 6.45) is -4.25. The van der Waals surface area contributed by atoms with Gasteiger partial charge in [0.15, 0.2) is 5.96 Å². The molecule has 0 bridgehead atoms. The molecule has 1 aromatic heterocycles. The first-order valence-corrected chi connectivity index (χ1v) is 9.02. The van der Waals surface area contributed by atoms with Crippen LogP contribution in [0.2, 0.25) is 0 Å². The molecule has 0 aliphatic rings. The molecule has 2 aromatic rings. The van der Waals surface area contributed by atoms with Crippen LogP contribution in [-0.4, -0.2) is 36.9 Å². The van der Waals surface area contributed by atoms with Gasteiger partial charge in [-0.2, -0.15) is 13.2 Å². The van der Waals surface area contributed by atoms with Crippen LogP contribution in [0.5, 0.6) is 0 Å². The molecule has 168 valence electrons. The second kappa shape index (κ2) is 9.93. The van der Waals surface area contributed by atoms with Crippen LogP contribution in [0.15, 0.2) is 38.5 Å². The Morgan fingerprint density at radius 2 is 1.90 bits per heavy atom. The predicted octanol–water partition coefficient (Wildman–Crippen LogP) is 0.247. The molecule has 0 spiro atoms. The lowest BCUT2D eigenvalue weighted by Crippen LogP contribution is -2.46. The lowest BCUT2D eigenvalue weighted by molar-refractivity contribution is -0.136. The molecule has 0 saturated carbocycles. The molecule has 8 N–H and O–H groups in total. The summed E-state index contributed by atoms with van der Waals surface area (Å²) < 4.78 is 44.3. The van der Waals surface area contributed by atoms with Gasteiger partial charge in [0.2, 0.25) is 11.8 Å². The van der Waals surface area contributed by atoms with E-state index in [0.29, 0.717) is 12.5 Å². The quantitative estimate of drug-likeness (QED) is 0.168. The third kappa shape index (κ3) is 6.70. The number of hydrogen-bond donors (Lipinski definition) is 5. The number of nitrogens with zero attached hydrogens (tertiary/aromatic N) is 1. The Hall–Kier alpha value is -3.61. The standard InChI is InChI=1S/C18H21F3N6O4/c19-18(20,21)11-7-15(29)31-13-6-9(3-4-10(11)13)26-16(30)12(27-14(28)8-22)2-1-5-25-17(23)24/h3-4,6-7,12H,1-2,5,8,22H2,(H,26,30)(H,27,28)(H4,23,24,25)/t12-/m0/s1. The number of benzene rings is 1. The lowest BCUT2D eigenvalue weighted by Gasteiger charge is -2.18. The number of guanidine groups is 1. The van der Waals surface area contributed by atoms with E-state index in [1.807, 2.05) is 0 Å². The van der Waals surface area contributed by atoms with Gasteiger partial charge in [-0.3, -0.25) is 14.6 Å². The average Bonchev–Trinajstić information content (AvgIpc) is 2.68. The van der Waals surface area contributed by atoms with Crippen molar-refractivity contribution >= 4 is 34.4 Å². The summed E-state index contributed by atoms with van der Waals surface area (Å²) in [5, 5.41) is 4.57. The maximum absolute atomic E-state index is 13.1. The minimum atomic E-state index is -4.76. The Labute approximate surface area is 173 Å². The Bertz CT molecular complexity index is 1050. The van der Waals surface area contributed by atoms with E-state index in [9.17, 15) is 27.6 Å². The number of hydrogen-bond acceptors (Lipinski definition) is 6. The SMILES string of the molecule is NCC(=O)N[C@@H](CCCN=C(N)N)C(=O)Nc1ccc2c(C(F)(F)F)cc(=O)oc2c1. The van der Waals surface area contributed by atoms with Crippen LogP contribution >= 0.6 is 0 Å². The van der Waals surface area contributed by atoms with Crippen LogP contribution in [0.4, 0.5) is 18.9 Å².